The van der Waals surface area contributed by atoms with Crippen LogP contribution in [0.5, 0.6) is 0 Å². The zero-order chi connectivity index (χ0) is 9.10. The van der Waals surface area contributed by atoms with Crippen LogP contribution in [0.1, 0.15) is 38.5 Å². The Morgan fingerprint density at radius 2 is 2.00 bits per heavy atom. The molecule has 0 N–H and O–H groups in total. The van der Waals surface area contributed by atoms with Crippen LogP contribution < -0.4 is 0 Å². The fourth-order valence-corrected chi connectivity index (χ4v) is 3.23. The van der Waals surface area contributed by atoms with E-state index in [1.54, 1.807) is 0 Å². The third-order valence-corrected chi connectivity index (χ3v) is 4.06. The van der Waals surface area contributed by atoms with Crippen LogP contribution in [0.4, 0.5) is 0 Å². The molecule has 0 radical (unpaired) electrons. The molecule has 1 saturated carbocycles. The van der Waals surface area contributed by atoms with Crippen molar-refractivity contribution in [3.05, 3.63) is 0 Å². The first-order valence-corrected chi connectivity index (χ1v) is 5.93. The van der Waals surface area contributed by atoms with Crippen molar-refractivity contribution < 1.29 is 4.74 Å². The van der Waals surface area contributed by atoms with Crippen molar-refractivity contribution in [2.45, 2.75) is 56.8 Å². The molecule has 3 atom stereocenters. The van der Waals surface area contributed by atoms with Gasteiger partial charge in [-0.2, -0.15) is 0 Å². The van der Waals surface area contributed by atoms with Gasteiger partial charge in [-0.1, -0.05) is 32.0 Å². The highest BCUT2D eigenvalue weighted by Crippen LogP contribution is 2.36. The number of hydrogen-bond acceptors (Lipinski definition) is 1. The maximum atomic E-state index is 5.61. The minimum Gasteiger partial charge on any atom is -0.382 e. The molecule has 13 heavy (non-hydrogen) atoms. The zero-order valence-electron chi connectivity index (χ0n) is 8.80. The van der Waals surface area contributed by atoms with Crippen molar-refractivity contribution in [3.8, 4) is 0 Å². The molecule has 2 aliphatic heterocycles. The van der Waals surface area contributed by atoms with Gasteiger partial charge in [-0.3, -0.25) is 0 Å². The second kappa shape index (κ2) is 4.50. The van der Waals surface area contributed by atoms with Gasteiger partial charge in [0.15, 0.2) is 0 Å². The molecule has 3 rings (SSSR count). The number of hydrogen-bond donors (Lipinski definition) is 0. The van der Waals surface area contributed by atoms with E-state index in [1.807, 2.05) is 7.11 Å². The van der Waals surface area contributed by atoms with E-state index in [-0.39, 0.29) is 0 Å². The third-order valence-electron chi connectivity index (χ3n) is 4.06. The summed E-state index contributed by atoms with van der Waals surface area (Å²) in [6.07, 6.45) is 10.7. The SMILES string of the molecule is COC1CCC2CCBC1CCC2. The van der Waals surface area contributed by atoms with Crippen LogP contribution in [0.25, 0.3) is 0 Å². The van der Waals surface area contributed by atoms with Crippen molar-refractivity contribution >= 4 is 7.28 Å². The van der Waals surface area contributed by atoms with Gasteiger partial charge in [-0.15, -0.1) is 0 Å². The lowest BCUT2D eigenvalue weighted by molar-refractivity contribution is 0.0703. The molecule has 3 unspecified atom stereocenters. The quantitative estimate of drug-likeness (QED) is 0.563. The van der Waals surface area contributed by atoms with Gasteiger partial charge in [0.1, 0.15) is 7.28 Å². The summed E-state index contributed by atoms with van der Waals surface area (Å²) in [5, 5.41) is 0. The molecule has 2 bridgehead atoms. The van der Waals surface area contributed by atoms with Gasteiger partial charge in [-0.25, -0.2) is 0 Å². The predicted octanol–water partition coefficient (Wildman–Crippen LogP) is 2.63. The summed E-state index contributed by atoms with van der Waals surface area (Å²) >= 11 is 0. The summed E-state index contributed by atoms with van der Waals surface area (Å²) in [6.45, 7) is 0. The maximum absolute atomic E-state index is 5.61. The van der Waals surface area contributed by atoms with E-state index in [0.29, 0.717) is 6.10 Å². The molecule has 0 aromatic carbocycles. The van der Waals surface area contributed by atoms with E-state index >= 15 is 0 Å². The minimum atomic E-state index is 0.586. The molecular formula is C11H21BO. The number of methoxy groups -OCH3 is 1. The fraction of sp³-hybridized carbons (Fsp3) is 1.00. The van der Waals surface area contributed by atoms with Crippen LogP contribution in [0.2, 0.25) is 12.1 Å². The van der Waals surface area contributed by atoms with Crippen molar-refractivity contribution in [3.63, 3.8) is 0 Å². The van der Waals surface area contributed by atoms with E-state index in [9.17, 15) is 0 Å². The van der Waals surface area contributed by atoms with Gasteiger partial charge < -0.3 is 4.74 Å². The zero-order valence-corrected chi connectivity index (χ0v) is 8.80. The molecule has 74 valence electrons. The Kier molecular flexibility index (Phi) is 3.31. The van der Waals surface area contributed by atoms with Crippen molar-refractivity contribution in [1.82, 2.24) is 0 Å². The predicted molar refractivity (Wildman–Crippen MR) is 57.7 cm³/mol. The highest BCUT2D eigenvalue weighted by Gasteiger charge is 2.28. The molecule has 2 saturated heterocycles. The number of rotatable bonds is 1. The second-order valence-electron chi connectivity index (χ2n) is 4.84. The normalized spacial score (nSPS) is 40.2. The van der Waals surface area contributed by atoms with Crippen LogP contribution in [0.3, 0.4) is 0 Å². The van der Waals surface area contributed by atoms with Gasteiger partial charge in [-0.05, 0) is 24.6 Å². The summed E-state index contributed by atoms with van der Waals surface area (Å²) in [5.74, 6) is 1.91. The average molecular weight is 180 g/mol. The van der Waals surface area contributed by atoms with Crippen LogP contribution in [0, 0.1) is 5.92 Å². The van der Waals surface area contributed by atoms with Crippen molar-refractivity contribution in [2.75, 3.05) is 7.11 Å². The molecule has 2 heteroatoms. The molecule has 0 aromatic heterocycles. The Balaban J connectivity index is 2.02. The van der Waals surface area contributed by atoms with Gasteiger partial charge in [0, 0.05) is 7.11 Å². The standard InChI is InChI=1S/C11H21BO/c1-13-11-6-5-9-3-2-4-10(11)12-8-7-9/h9-12H,2-8H2,1H3. The summed E-state index contributed by atoms with van der Waals surface area (Å²) in [6, 6.07) is 0. The highest BCUT2D eigenvalue weighted by atomic mass is 16.5. The molecule has 0 amide bonds. The topological polar surface area (TPSA) is 9.23 Å². The van der Waals surface area contributed by atoms with Crippen molar-refractivity contribution in [2.24, 2.45) is 5.92 Å². The molecule has 2 heterocycles. The Labute approximate surface area is 82.5 Å². The van der Waals surface area contributed by atoms with Crippen LogP contribution in [0.15, 0.2) is 0 Å². The Morgan fingerprint density at radius 1 is 1.08 bits per heavy atom. The lowest BCUT2D eigenvalue weighted by atomic mass is 9.53. The Morgan fingerprint density at radius 3 is 2.85 bits per heavy atom. The monoisotopic (exact) mass is 180 g/mol. The molecule has 3 fully saturated rings. The van der Waals surface area contributed by atoms with E-state index in [0.717, 1.165) is 11.7 Å². The highest BCUT2D eigenvalue weighted by molar-refractivity contribution is 6.37. The summed E-state index contributed by atoms with van der Waals surface area (Å²) in [4.78, 5) is 0. The third kappa shape index (κ3) is 2.28. The number of ether oxygens (including phenoxy) is 1. The molecule has 1 nitrogen and oxygen atoms in total. The first kappa shape index (κ1) is 9.58. The van der Waals surface area contributed by atoms with Crippen LogP contribution in [-0.2, 0) is 4.74 Å². The molecular weight excluding hydrogens is 159 g/mol. The van der Waals surface area contributed by atoms with Gasteiger partial charge >= 0.3 is 0 Å². The van der Waals surface area contributed by atoms with E-state index < -0.39 is 0 Å². The lowest BCUT2D eigenvalue weighted by Crippen LogP contribution is -2.28. The van der Waals surface area contributed by atoms with E-state index in [1.165, 1.54) is 52.1 Å². The largest absolute Gasteiger partial charge is 0.382 e. The molecule has 0 spiro atoms. The van der Waals surface area contributed by atoms with E-state index in [4.69, 9.17) is 4.74 Å². The van der Waals surface area contributed by atoms with Gasteiger partial charge in [0.2, 0.25) is 0 Å². The lowest BCUT2D eigenvalue weighted by Gasteiger charge is -2.34. The Hall–Kier alpha value is 0.0249. The first-order valence-electron chi connectivity index (χ1n) is 5.93. The smallest absolute Gasteiger partial charge is 0.127 e. The number of fused-ring (bicyclic) bond motifs is 6. The molecule has 3 aliphatic rings. The second-order valence-corrected chi connectivity index (χ2v) is 4.84. The average Bonchev–Trinajstić information content (AvgIpc) is 2.01. The summed E-state index contributed by atoms with van der Waals surface area (Å²) < 4.78 is 5.61. The minimum absolute atomic E-state index is 0.586. The first-order chi connectivity index (χ1) is 6.40. The fourth-order valence-electron chi connectivity index (χ4n) is 3.23. The van der Waals surface area contributed by atoms with Crippen LogP contribution >= 0.6 is 0 Å². The Bertz CT molecular complexity index is 150. The summed E-state index contributed by atoms with van der Waals surface area (Å²) in [7, 11) is 3.32. The summed E-state index contributed by atoms with van der Waals surface area (Å²) in [5.41, 5.74) is 0. The van der Waals surface area contributed by atoms with Crippen LogP contribution in [-0.4, -0.2) is 20.5 Å². The molecule has 1 aliphatic carbocycles. The maximum Gasteiger partial charge on any atom is 0.127 e. The van der Waals surface area contributed by atoms with E-state index in [2.05, 4.69) is 0 Å². The van der Waals surface area contributed by atoms with Gasteiger partial charge in [0.05, 0.1) is 6.10 Å². The van der Waals surface area contributed by atoms with Crippen molar-refractivity contribution in [1.29, 1.82) is 0 Å². The molecule has 0 aromatic rings. The van der Waals surface area contributed by atoms with Gasteiger partial charge in [0.25, 0.3) is 0 Å².